The van der Waals surface area contributed by atoms with E-state index in [-0.39, 0.29) is 29.6 Å². The van der Waals surface area contributed by atoms with E-state index in [0.717, 1.165) is 0 Å². The molecule has 98 valence electrons. The van der Waals surface area contributed by atoms with Crippen LogP contribution in [0.5, 0.6) is 0 Å². The van der Waals surface area contributed by atoms with Crippen molar-refractivity contribution in [3.05, 3.63) is 29.0 Å². The van der Waals surface area contributed by atoms with E-state index in [9.17, 15) is 9.59 Å². The summed E-state index contributed by atoms with van der Waals surface area (Å²) < 4.78 is 0. The van der Waals surface area contributed by atoms with Gasteiger partial charge in [-0.25, -0.2) is 4.98 Å². The van der Waals surface area contributed by atoms with E-state index in [2.05, 4.69) is 10.3 Å². The third-order valence-electron chi connectivity index (χ3n) is 2.17. The number of pyridine rings is 1. The molecule has 5 nitrogen and oxygen atoms in total. The molecule has 0 saturated carbocycles. The molecule has 0 radical (unpaired) electrons. The molecule has 0 fully saturated rings. The maximum absolute atomic E-state index is 12.0. The van der Waals surface area contributed by atoms with Crippen molar-refractivity contribution in [3.63, 3.8) is 0 Å². The highest BCUT2D eigenvalue weighted by Gasteiger charge is 2.17. The number of halogens is 1. The minimum atomic E-state index is -0.327. The molecule has 0 saturated heterocycles. The van der Waals surface area contributed by atoms with Gasteiger partial charge in [0.2, 0.25) is 5.91 Å². The van der Waals surface area contributed by atoms with Gasteiger partial charge in [-0.05, 0) is 26.0 Å². The number of nitrogens with zero attached hydrogens (tertiary/aromatic N) is 2. The average molecular weight is 270 g/mol. The van der Waals surface area contributed by atoms with E-state index in [1.807, 2.05) is 13.8 Å². The summed E-state index contributed by atoms with van der Waals surface area (Å²) in [4.78, 5) is 28.7. The Morgan fingerprint density at radius 2 is 2.17 bits per heavy atom. The maximum Gasteiger partial charge on any atom is 0.257 e. The molecule has 0 aliphatic carbocycles. The number of rotatable bonds is 4. The summed E-state index contributed by atoms with van der Waals surface area (Å²) in [7, 11) is 1.55. The fraction of sp³-hybridized carbons (Fsp3) is 0.417. The van der Waals surface area contributed by atoms with Crippen LogP contribution in [0.1, 0.15) is 24.2 Å². The van der Waals surface area contributed by atoms with Crippen LogP contribution in [0, 0.1) is 0 Å². The van der Waals surface area contributed by atoms with Crippen LogP contribution in [0.3, 0.4) is 0 Å². The van der Waals surface area contributed by atoms with Crippen LogP contribution in [-0.4, -0.2) is 41.3 Å². The number of amides is 2. The molecule has 0 bridgehead atoms. The number of carbonyl (C=O) groups excluding carboxylic acids is 2. The van der Waals surface area contributed by atoms with Crippen LogP contribution in [0.25, 0.3) is 0 Å². The second-order valence-electron chi connectivity index (χ2n) is 4.23. The molecule has 0 aliphatic rings. The minimum Gasteiger partial charge on any atom is -0.352 e. The molecule has 6 heteroatoms. The SMILES string of the molecule is CC(C)NC(=O)CN(C)C(=O)c1cccnc1Cl. The molecule has 18 heavy (non-hydrogen) atoms. The van der Waals surface area contributed by atoms with Crippen LogP contribution >= 0.6 is 11.6 Å². The third kappa shape index (κ3) is 4.00. The molecular weight excluding hydrogens is 254 g/mol. The first-order valence-electron chi connectivity index (χ1n) is 5.57. The van der Waals surface area contributed by atoms with E-state index in [1.54, 1.807) is 19.2 Å². The van der Waals surface area contributed by atoms with Crippen molar-refractivity contribution < 1.29 is 9.59 Å². The van der Waals surface area contributed by atoms with Gasteiger partial charge in [-0.2, -0.15) is 0 Å². The van der Waals surface area contributed by atoms with Gasteiger partial charge < -0.3 is 10.2 Å². The highest BCUT2D eigenvalue weighted by atomic mass is 35.5. The Kier molecular flexibility index (Phi) is 5.09. The zero-order valence-corrected chi connectivity index (χ0v) is 11.4. The normalized spacial score (nSPS) is 10.3. The molecule has 0 unspecified atom stereocenters. The fourth-order valence-corrected chi connectivity index (χ4v) is 1.61. The molecule has 1 aromatic heterocycles. The minimum absolute atomic E-state index is 0.0117. The van der Waals surface area contributed by atoms with Crippen molar-refractivity contribution in [2.45, 2.75) is 19.9 Å². The Labute approximate surface area is 111 Å². The Bertz CT molecular complexity index is 449. The van der Waals surface area contributed by atoms with Gasteiger partial charge in [0.25, 0.3) is 5.91 Å². The highest BCUT2D eigenvalue weighted by molar-refractivity contribution is 6.32. The first-order chi connectivity index (χ1) is 8.41. The molecule has 1 N–H and O–H groups in total. The van der Waals surface area contributed by atoms with E-state index < -0.39 is 0 Å². The van der Waals surface area contributed by atoms with E-state index in [1.165, 1.54) is 11.1 Å². The van der Waals surface area contributed by atoms with E-state index >= 15 is 0 Å². The highest BCUT2D eigenvalue weighted by Crippen LogP contribution is 2.13. The van der Waals surface area contributed by atoms with Gasteiger partial charge in [-0.15, -0.1) is 0 Å². The van der Waals surface area contributed by atoms with Crippen molar-refractivity contribution in [2.24, 2.45) is 0 Å². The van der Waals surface area contributed by atoms with Crippen LogP contribution in [-0.2, 0) is 4.79 Å². The number of aromatic nitrogens is 1. The zero-order chi connectivity index (χ0) is 13.7. The molecule has 1 rings (SSSR count). The van der Waals surface area contributed by atoms with E-state index in [0.29, 0.717) is 5.56 Å². The summed E-state index contributed by atoms with van der Waals surface area (Å²) >= 11 is 5.82. The maximum atomic E-state index is 12.0. The number of likely N-dealkylation sites (N-methyl/N-ethyl adjacent to an activating group) is 1. The summed E-state index contributed by atoms with van der Waals surface area (Å²) in [6.45, 7) is 3.71. The predicted octanol–water partition coefficient (Wildman–Crippen LogP) is 1.33. The van der Waals surface area contributed by atoms with Gasteiger partial charge in [-0.3, -0.25) is 9.59 Å². The van der Waals surface area contributed by atoms with Crippen LogP contribution in [0.2, 0.25) is 5.15 Å². The monoisotopic (exact) mass is 269 g/mol. The zero-order valence-electron chi connectivity index (χ0n) is 10.6. The lowest BCUT2D eigenvalue weighted by Crippen LogP contribution is -2.40. The van der Waals surface area contributed by atoms with Crippen molar-refractivity contribution in [1.82, 2.24) is 15.2 Å². The molecule has 1 aromatic rings. The van der Waals surface area contributed by atoms with Gasteiger partial charge in [0, 0.05) is 19.3 Å². The van der Waals surface area contributed by atoms with Crippen molar-refractivity contribution >= 4 is 23.4 Å². The number of hydrogen-bond acceptors (Lipinski definition) is 3. The van der Waals surface area contributed by atoms with Crippen molar-refractivity contribution in [2.75, 3.05) is 13.6 Å². The largest absolute Gasteiger partial charge is 0.352 e. The van der Waals surface area contributed by atoms with Crippen LogP contribution in [0.4, 0.5) is 0 Å². The standard InChI is InChI=1S/C12H16ClN3O2/c1-8(2)15-10(17)7-16(3)12(18)9-5-4-6-14-11(9)13/h4-6,8H,7H2,1-3H3,(H,15,17). The smallest absolute Gasteiger partial charge is 0.257 e. The van der Waals surface area contributed by atoms with Gasteiger partial charge in [0.05, 0.1) is 12.1 Å². The van der Waals surface area contributed by atoms with E-state index in [4.69, 9.17) is 11.6 Å². The lowest BCUT2D eigenvalue weighted by Gasteiger charge is -2.18. The molecule has 1 heterocycles. The quantitative estimate of drug-likeness (QED) is 0.839. The molecule has 2 amide bonds. The molecule has 0 spiro atoms. The predicted molar refractivity (Wildman–Crippen MR) is 69.5 cm³/mol. The molecule has 0 atom stereocenters. The molecular formula is C12H16ClN3O2. The van der Waals surface area contributed by atoms with Gasteiger partial charge >= 0.3 is 0 Å². The summed E-state index contributed by atoms with van der Waals surface area (Å²) in [5, 5.41) is 2.85. The summed E-state index contributed by atoms with van der Waals surface area (Å²) in [5.41, 5.74) is 0.291. The van der Waals surface area contributed by atoms with Crippen molar-refractivity contribution in [3.8, 4) is 0 Å². The first-order valence-corrected chi connectivity index (χ1v) is 5.95. The molecule has 0 aromatic carbocycles. The average Bonchev–Trinajstić information content (AvgIpc) is 2.27. The lowest BCUT2D eigenvalue weighted by atomic mass is 10.2. The Hall–Kier alpha value is -1.62. The second-order valence-corrected chi connectivity index (χ2v) is 4.58. The fourth-order valence-electron chi connectivity index (χ4n) is 1.41. The Morgan fingerprint density at radius 3 is 2.72 bits per heavy atom. The van der Waals surface area contributed by atoms with Gasteiger partial charge in [0.15, 0.2) is 0 Å². The first kappa shape index (κ1) is 14.4. The third-order valence-corrected chi connectivity index (χ3v) is 2.47. The van der Waals surface area contributed by atoms with Gasteiger partial charge in [-0.1, -0.05) is 11.6 Å². The van der Waals surface area contributed by atoms with Crippen molar-refractivity contribution in [1.29, 1.82) is 0 Å². The second kappa shape index (κ2) is 6.35. The lowest BCUT2D eigenvalue weighted by molar-refractivity contribution is -0.122. The Morgan fingerprint density at radius 1 is 1.50 bits per heavy atom. The summed E-state index contributed by atoms with van der Waals surface area (Å²) in [6.07, 6.45) is 1.50. The summed E-state index contributed by atoms with van der Waals surface area (Å²) in [6, 6.07) is 3.25. The summed E-state index contributed by atoms with van der Waals surface area (Å²) in [5.74, 6) is -0.534. The van der Waals surface area contributed by atoms with Gasteiger partial charge in [0.1, 0.15) is 5.15 Å². The number of nitrogens with one attached hydrogen (secondary N) is 1. The Balaban J connectivity index is 2.68. The number of carbonyl (C=O) groups is 2. The number of hydrogen-bond donors (Lipinski definition) is 1. The topological polar surface area (TPSA) is 62.3 Å². The van der Waals surface area contributed by atoms with Crippen LogP contribution < -0.4 is 5.32 Å². The van der Waals surface area contributed by atoms with Crippen LogP contribution in [0.15, 0.2) is 18.3 Å². The molecule has 0 aliphatic heterocycles.